The predicted octanol–water partition coefficient (Wildman–Crippen LogP) is 0.0772. The lowest BCUT2D eigenvalue weighted by atomic mass is 9.97. The van der Waals surface area contributed by atoms with Gasteiger partial charge in [-0.05, 0) is 26.7 Å². The van der Waals surface area contributed by atoms with Crippen LogP contribution in [0.5, 0.6) is 0 Å². The fourth-order valence-electron chi connectivity index (χ4n) is 2.11. The number of amides is 2. The van der Waals surface area contributed by atoms with Crippen molar-refractivity contribution in [2.75, 3.05) is 6.61 Å². The molecule has 1 rings (SSSR count). The van der Waals surface area contributed by atoms with Gasteiger partial charge in [0.2, 0.25) is 0 Å². The first-order valence-electron chi connectivity index (χ1n) is 6.47. The number of aliphatic carboxylic acids is 1. The lowest BCUT2D eigenvalue weighted by Gasteiger charge is -2.35. The van der Waals surface area contributed by atoms with Crippen LogP contribution in [0.15, 0.2) is 0 Å². The summed E-state index contributed by atoms with van der Waals surface area (Å²) in [5.74, 6) is -0.925. The maximum atomic E-state index is 11.6. The summed E-state index contributed by atoms with van der Waals surface area (Å²) in [7, 11) is 0. The molecule has 1 aliphatic rings. The number of hydrogen-bond donors (Lipinski definition) is 4. The molecule has 4 N–H and O–H groups in total. The normalized spacial score (nSPS) is 27.1. The zero-order chi connectivity index (χ0) is 14.4. The van der Waals surface area contributed by atoms with Gasteiger partial charge in [0, 0.05) is 6.04 Å². The van der Waals surface area contributed by atoms with Gasteiger partial charge in [0.25, 0.3) is 0 Å². The Bertz CT molecular complexity index is 321. The Balaban J connectivity index is 2.47. The number of nitrogens with one attached hydrogen (secondary N) is 2. The Labute approximate surface area is 112 Å². The minimum absolute atomic E-state index is 0.0249. The molecule has 0 aromatic rings. The zero-order valence-electron chi connectivity index (χ0n) is 11.3. The van der Waals surface area contributed by atoms with Crippen molar-refractivity contribution in [1.82, 2.24) is 10.6 Å². The van der Waals surface area contributed by atoms with E-state index in [4.69, 9.17) is 9.84 Å². The first-order chi connectivity index (χ1) is 8.92. The second-order valence-electron chi connectivity index (χ2n) is 5.03. The minimum Gasteiger partial charge on any atom is -0.481 e. The number of carboxylic acids is 1. The third-order valence-electron chi connectivity index (χ3n) is 2.93. The van der Waals surface area contributed by atoms with Crippen LogP contribution in [0.25, 0.3) is 0 Å². The van der Waals surface area contributed by atoms with Gasteiger partial charge in [0.05, 0.1) is 25.2 Å². The molecule has 0 aromatic carbocycles. The Kier molecular flexibility index (Phi) is 6.04. The van der Waals surface area contributed by atoms with Gasteiger partial charge in [-0.15, -0.1) is 0 Å². The summed E-state index contributed by atoms with van der Waals surface area (Å²) in [6.45, 7) is 3.45. The highest BCUT2D eigenvalue weighted by molar-refractivity contribution is 5.74. The number of carbonyl (C=O) groups is 2. The molecule has 110 valence electrons. The second-order valence-corrected chi connectivity index (χ2v) is 5.03. The van der Waals surface area contributed by atoms with Crippen molar-refractivity contribution in [2.45, 2.75) is 57.4 Å². The standard InChI is InChI=1S/C12H22N2O5/c1-7(2)13-12(18)14-9-4-3-8(5-11(16)17)19-10(9)6-15/h7-10,15H,3-6H2,1-2H3,(H,16,17)(H2,13,14,18)/t8-,9-,10+/m0/s1. The monoisotopic (exact) mass is 274 g/mol. The highest BCUT2D eigenvalue weighted by Crippen LogP contribution is 2.21. The van der Waals surface area contributed by atoms with E-state index in [1.807, 2.05) is 13.8 Å². The average molecular weight is 274 g/mol. The first-order valence-corrected chi connectivity index (χ1v) is 6.47. The predicted molar refractivity (Wildman–Crippen MR) is 67.8 cm³/mol. The summed E-state index contributed by atoms with van der Waals surface area (Å²) in [5, 5.41) is 23.4. The number of carbonyl (C=O) groups excluding carboxylic acids is 1. The van der Waals surface area contributed by atoms with E-state index in [1.165, 1.54) is 0 Å². The van der Waals surface area contributed by atoms with E-state index in [-0.39, 0.29) is 31.1 Å². The van der Waals surface area contributed by atoms with Gasteiger partial charge in [-0.1, -0.05) is 0 Å². The summed E-state index contributed by atoms with van der Waals surface area (Å²) in [4.78, 5) is 22.2. The molecule has 0 radical (unpaired) electrons. The van der Waals surface area contributed by atoms with Crippen molar-refractivity contribution >= 4 is 12.0 Å². The molecule has 1 saturated heterocycles. The van der Waals surface area contributed by atoms with Gasteiger partial charge in [0.15, 0.2) is 0 Å². The zero-order valence-corrected chi connectivity index (χ0v) is 11.3. The van der Waals surface area contributed by atoms with E-state index in [2.05, 4.69) is 10.6 Å². The highest BCUT2D eigenvalue weighted by Gasteiger charge is 2.32. The molecule has 1 heterocycles. The lowest BCUT2D eigenvalue weighted by Crippen LogP contribution is -2.54. The Morgan fingerprint density at radius 1 is 1.37 bits per heavy atom. The van der Waals surface area contributed by atoms with E-state index >= 15 is 0 Å². The highest BCUT2D eigenvalue weighted by atomic mass is 16.5. The van der Waals surface area contributed by atoms with Gasteiger partial charge in [-0.25, -0.2) is 4.79 Å². The summed E-state index contributed by atoms with van der Waals surface area (Å²) < 4.78 is 5.49. The van der Waals surface area contributed by atoms with Crippen molar-refractivity contribution in [3.05, 3.63) is 0 Å². The SMILES string of the molecule is CC(C)NC(=O)N[C@H]1CC[C@@H](CC(=O)O)O[C@@H]1CO. The Morgan fingerprint density at radius 3 is 2.58 bits per heavy atom. The first kappa shape index (κ1) is 15.7. The van der Waals surface area contributed by atoms with Crippen molar-refractivity contribution in [2.24, 2.45) is 0 Å². The number of aliphatic hydroxyl groups excluding tert-OH is 1. The fraction of sp³-hybridized carbons (Fsp3) is 0.833. The topological polar surface area (TPSA) is 108 Å². The van der Waals surface area contributed by atoms with Gasteiger partial charge >= 0.3 is 12.0 Å². The molecular formula is C12H22N2O5. The van der Waals surface area contributed by atoms with Crippen LogP contribution in [0.3, 0.4) is 0 Å². The molecule has 1 fully saturated rings. The minimum atomic E-state index is -0.925. The Morgan fingerprint density at radius 2 is 2.05 bits per heavy atom. The van der Waals surface area contributed by atoms with Crippen LogP contribution < -0.4 is 10.6 Å². The van der Waals surface area contributed by atoms with Gasteiger partial charge in [0.1, 0.15) is 6.10 Å². The van der Waals surface area contributed by atoms with Gasteiger partial charge in [-0.3, -0.25) is 4.79 Å². The van der Waals surface area contributed by atoms with Crippen molar-refractivity contribution in [3.63, 3.8) is 0 Å². The van der Waals surface area contributed by atoms with Crippen molar-refractivity contribution in [1.29, 1.82) is 0 Å². The molecule has 7 heteroatoms. The van der Waals surface area contributed by atoms with E-state index in [0.717, 1.165) is 0 Å². The van der Waals surface area contributed by atoms with Crippen molar-refractivity contribution < 1.29 is 24.5 Å². The van der Waals surface area contributed by atoms with Crippen LogP contribution >= 0.6 is 0 Å². The lowest BCUT2D eigenvalue weighted by molar-refractivity contribution is -0.145. The number of urea groups is 1. The molecule has 0 unspecified atom stereocenters. The summed E-state index contributed by atoms with van der Waals surface area (Å²) in [6, 6.07) is -0.579. The molecule has 7 nitrogen and oxygen atoms in total. The number of aliphatic hydroxyl groups is 1. The van der Waals surface area contributed by atoms with Crippen molar-refractivity contribution in [3.8, 4) is 0 Å². The van der Waals surface area contributed by atoms with Crippen LogP contribution in [-0.4, -0.2) is 53.1 Å². The number of carboxylic acid groups (broad SMARTS) is 1. The van der Waals surface area contributed by atoms with E-state index in [1.54, 1.807) is 0 Å². The molecule has 0 aromatic heterocycles. The molecular weight excluding hydrogens is 252 g/mol. The van der Waals surface area contributed by atoms with Crippen LogP contribution in [0.2, 0.25) is 0 Å². The third-order valence-corrected chi connectivity index (χ3v) is 2.93. The second kappa shape index (κ2) is 7.30. The molecule has 0 bridgehead atoms. The van der Waals surface area contributed by atoms with Crippen LogP contribution in [0, 0.1) is 0 Å². The number of ether oxygens (including phenoxy) is 1. The Hall–Kier alpha value is -1.34. The number of hydrogen-bond acceptors (Lipinski definition) is 4. The quantitative estimate of drug-likeness (QED) is 0.568. The van der Waals surface area contributed by atoms with Gasteiger partial charge in [-0.2, -0.15) is 0 Å². The molecule has 0 aliphatic carbocycles. The molecule has 3 atom stereocenters. The molecule has 19 heavy (non-hydrogen) atoms. The fourth-order valence-corrected chi connectivity index (χ4v) is 2.11. The largest absolute Gasteiger partial charge is 0.481 e. The molecule has 1 aliphatic heterocycles. The molecule has 2 amide bonds. The van der Waals surface area contributed by atoms with Crippen LogP contribution in [0.4, 0.5) is 4.79 Å². The summed E-state index contributed by atoms with van der Waals surface area (Å²) in [5.41, 5.74) is 0. The van der Waals surface area contributed by atoms with Gasteiger partial charge < -0.3 is 25.6 Å². The smallest absolute Gasteiger partial charge is 0.315 e. The average Bonchev–Trinajstić information content (AvgIpc) is 2.29. The van der Waals surface area contributed by atoms with E-state index in [0.29, 0.717) is 12.8 Å². The summed E-state index contributed by atoms with van der Waals surface area (Å²) >= 11 is 0. The molecule has 0 saturated carbocycles. The maximum absolute atomic E-state index is 11.6. The van der Waals surface area contributed by atoms with E-state index < -0.39 is 18.2 Å². The number of rotatable bonds is 5. The van der Waals surface area contributed by atoms with E-state index in [9.17, 15) is 14.7 Å². The molecule has 0 spiro atoms. The van der Waals surface area contributed by atoms with Crippen LogP contribution in [0.1, 0.15) is 33.1 Å². The summed E-state index contributed by atoms with van der Waals surface area (Å²) in [6.07, 6.45) is 0.0998. The maximum Gasteiger partial charge on any atom is 0.315 e. The third kappa shape index (κ3) is 5.44. The van der Waals surface area contributed by atoms with Crippen LogP contribution in [-0.2, 0) is 9.53 Å².